The summed E-state index contributed by atoms with van der Waals surface area (Å²) in [5, 5.41) is 4.24. The van der Waals surface area contributed by atoms with E-state index in [1.807, 2.05) is 36.4 Å². The number of hydrogen-bond acceptors (Lipinski definition) is 1. The maximum absolute atomic E-state index is 13.9. The van der Waals surface area contributed by atoms with Crippen molar-refractivity contribution in [2.45, 2.75) is 33.2 Å². The van der Waals surface area contributed by atoms with Gasteiger partial charge in [-0.15, -0.1) is 0 Å². The Kier molecular flexibility index (Phi) is 5.38. The highest BCUT2D eigenvalue weighted by atomic mass is 35.5. The van der Waals surface area contributed by atoms with Gasteiger partial charge in [0.05, 0.1) is 6.04 Å². The van der Waals surface area contributed by atoms with Crippen LogP contribution in [0.15, 0.2) is 36.4 Å². The molecule has 1 atom stereocenters. The Balaban J connectivity index is 2.45. The van der Waals surface area contributed by atoms with Crippen LogP contribution in [0, 0.1) is 19.7 Å². The molecule has 0 aliphatic heterocycles. The lowest BCUT2D eigenvalue weighted by Gasteiger charge is -2.21. The fraction of sp³-hybridized carbons (Fsp3) is 0.333. The van der Waals surface area contributed by atoms with E-state index in [2.05, 4.69) is 12.2 Å². The van der Waals surface area contributed by atoms with Crippen LogP contribution in [-0.2, 0) is 0 Å². The third-order valence-corrected chi connectivity index (χ3v) is 3.81. The van der Waals surface area contributed by atoms with Crippen molar-refractivity contribution in [2.75, 3.05) is 6.54 Å². The Labute approximate surface area is 131 Å². The Morgan fingerprint density at radius 2 is 1.76 bits per heavy atom. The van der Waals surface area contributed by atoms with Crippen LogP contribution >= 0.6 is 11.6 Å². The van der Waals surface area contributed by atoms with E-state index >= 15 is 0 Å². The zero-order chi connectivity index (χ0) is 15.4. The molecule has 2 rings (SSSR count). The van der Waals surface area contributed by atoms with Gasteiger partial charge in [-0.25, -0.2) is 4.39 Å². The minimum Gasteiger partial charge on any atom is -0.306 e. The molecule has 1 N–H and O–H groups in total. The number of halogens is 2. The van der Waals surface area contributed by atoms with Crippen LogP contribution in [0.3, 0.4) is 0 Å². The van der Waals surface area contributed by atoms with E-state index in [0.29, 0.717) is 16.1 Å². The van der Waals surface area contributed by atoms with Crippen LogP contribution in [0.5, 0.6) is 0 Å². The predicted molar refractivity (Wildman–Crippen MR) is 87.5 cm³/mol. The number of rotatable bonds is 5. The SMILES string of the molecule is CCCNC(c1cccc(Cl)c1)c1cc(C)c(F)c(C)c1. The van der Waals surface area contributed by atoms with Gasteiger partial charge in [-0.1, -0.05) is 42.8 Å². The van der Waals surface area contributed by atoms with Crippen LogP contribution in [0.25, 0.3) is 0 Å². The molecule has 0 aromatic heterocycles. The molecule has 0 fully saturated rings. The van der Waals surface area contributed by atoms with E-state index in [4.69, 9.17) is 11.6 Å². The summed E-state index contributed by atoms with van der Waals surface area (Å²) >= 11 is 6.11. The van der Waals surface area contributed by atoms with Crippen molar-refractivity contribution in [2.24, 2.45) is 0 Å². The van der Waals surface area contributed by atoms with Crippen molar-refractivity contribution in [3.63, 3.8) is 0 Å². The summed E-state index contributed by atoms with van der Waals surface area (Å²) in [6.07, 6.45) is 1.04. The van der Waals surface area contributed by atoms with E-state index in [1.165, 1.54) is 0 Å². The fourth-order valence-corrected chi connectivity index (χ4v) is 2.75. The van der Waals surface area contributed by atoms with Crippen molar-refractivity contribution in [3.05, 3.63) is 69.5 Å². The minimum atomic E-state index is -0.126. The highest BCUT2D eigenvalue weighted by Gasteiger charge is 2.16. The predicted octanol–water partition coefficient (Wildman–Crippen LogP) is 5.18. The first-order valence-corrected chi connectivity index (χ1v) is 7.66. The van der Waals surface area contributed by atoms with Crippen molar-refractivity contribution < 1.29 is 4.39 Å². The third kappa shape index (κ3) is 3.84. The molecular weight excluding hydrogens is 285 g/mol. The number of benzene rings is 2. The number of nitrogens with one attached hydrogen (secondary N) is 1. The summed E-state index contributed by atoms with van der Waals surface area (Å²) in [6.45, 7) is 6.64. The van der Waals surface area contributed by atoms with Crippen molar-refractivity contribution in [3.8, 4) is 0 Å². The molecule has 0 radical (unpaired) electrons. The number of aryl methyl sites for hydroxylation is 2. The Morgan fingerprint density at radius 1 is 1.10 bits per heavy atom. The topological polar surface area (TPSA) is 12.0 Å². The molecule has 0 aliphatic carbocycles. The average Bonchev–Trinajstić information content (AvgIpc) is 2.45. The normalized spacial score (nSPS) is 12.4. The van der Waals surface area contributed by atoms with Crippen LogP contribution in [0.4, 0.5) is 4.39 Å². The van der Waals surface area contributed by atoms with Gasteiger partial charge < -0.3 is 5.32 Å². The molecule has 2 aromatic rings. The molecule has 1 unspecified atom stereocenters. The lowest BCUT2D eigenvalue weighted by Crippen LogP contribution is -2.23. The summed E-state index contributed by atoms with van der Waals surface area (Å²) in [5.41, 5.74) is 3.52. The van der Waals surface area contributed by atoms with Crippen molar-refractivity contribution in [1.29, 1.82) is 0 Å². The van der Waals surface area contributed by atoms with Crippen LogP contribution in [0.2, 0.25) is 5.02 Å². The van der Waals surface area contributed by atoms with Crippen molar-refractivity contribution in [1.82, 2.24) is 5.32 Å². The monoisotopic (exact) mass is 305 g/mol. The van der Waals surface area contributed by atoms with E-state index in [1.54, 1.807) is 13.8 Å². The second-order valence-corrected chi connectivity index (χ2v) is 5.85. The van der Waals surface area contributed by atoms with Gasteiger partial charge in [0.25, 0.3) is 0 Å². The zero-order valence-electron chi connectivity index (χ0n) is 12.7. The molecule has 0 amide bonds. The quantitative estimate of drug-likeness (QED) is 0.802. The highest BCUT2D eigenvalue weighted by molar-refractivity contribution is 6.30. The average molecular weight is 306 g/mol. The first-order valence-electron chi connectivity index (χ1n) is 7.28. The lowest BCUT2D eigenvalue weighted by molar-refractivity contribution is 0.586. The maximum atomic E-state index is 13.9. The molecule has 0 bridgehead atoms. The second kappa shape index (κ2) is 7.06. The zero-order valence-corrected chi connectivity index (χ0v) is 13.5. The van der Waals surface area contributed by atoms with Gasteiger partial charge in [0, 0.05) is 5.02 Å². The van der Waals surface area contributed by atoms with Gasteiger partial charge in [-0.3, -0.25) is 0 Å². The summed E-state index contributed by atoms with van der Waals surface area (Å²) in [5.74, 6) is -0.126. The molecule has 0 saturated carbocycles. The van der Waals surface area contributed by atoms with Crippen LogP contribution < -0.4 is 5.32 Å². The van der Waals surface area contributed by atoms with Gasteiger partial charge in [-0.05, 0) is 61.2 Å². The van der Waals surface area contributed by atoms with Crippen molar-refractivity contribution >= 4 is 11.6 Å². The first-order chi connectivity index (χ1) is 10.0. The molecule has 2 aromatic carbocycles. The van der Waals surface area contributed by atoms with Gasteiger partial charge in [0.15, 0.2) is 0 Å². The van der Waals surface area contributed by atoms with E-state index in [0.717, 1.165) is 24.1 Å². The molecule has 112 valence electrons. The van der Waals surface area contributed by atoms with E-state index < -0.39 is 0 Å². The maximum Gasteiger partial charge on any atom is 0.129 e. The molecule has 0 aliphatic rings. The first kappa shape index (κ1) is 16.0. The van der Waals surface area contributed by atoms with Gasteiger partial charge in [0.1, 0.15) is 5.82 Å². The molecule has 1 nitrogen and oxygen atoms in total. The third-order valence-electron chi connectivity index (χ3n) is 3.57. The lowest BCUT2D eigenvalue weighted by atomic mass is 9.95. The van der Waals surface area contributed by atoms with Gasteiger partial charge in [-0.2, -0.15) is 0 Å². The standard InChI is InChI=1S/C18H21ClFN/c1-4-8-21-18(14-6-5-7-16(19)11-14)15-9-12(2)17(20)13(3)10-15/h5-7,9-11,18,21H,4,8H2,1-3H3. The van der Waals surface area contributed by atoms with Gasteiger partial charge in [0.2, 0.25) is 0 Å². The molecule has 0 heterocycles. The smallest absolute Gasteiger partial charge is 0.129 e. The van der Waals surface area contributed by atoms with E-state index in [9.17, 15) is 4.39 Å². The fourth-order valence-electron chi connectivity index (χ4n) is 2.55. The molecule has 21 heavy (non-hydrogen) atoms. The second-order valence-electron chi connectivity index (χ2n) is 5.41. The molecular formula is C18H21ClFN. The summed E-state index contributed by atoms with van der Waals surface area (Å²) in [4.78, 5) is 0. The minimum absolute atomic E-state index is 0.0293. The van der Waals surface area contributed by atoms with E-state index in [-0.39, 0.29) is 11.9 Å². The Bertz CT molecular complexity index is 601. The summed E-state index contributed by atoms with van der Waals surface area (Å²) < 4.78 is 13.9. The molecule has 0 spiro atoms. The molecule has 3 heteroatoms. The van der Waals surface area contributed by atoms with Crippen LogP contribution in [0.1, 0.15) is 41.6 Å². The highest BCUT2D eigenvalue weighted by Crippen LogP contribution is 2.27. The number of hydrogen-bond donors (Lipinski definition) is 1. The Morgan fingerprint density at radius 3 is 2.33 bits per heavy atom. The molecule has 0 saturated heterocycles. The summed E-state index contributed by atoms with van der Waals surface area (Å²) in [6, 6.07) is 11.7. The summed E-state index contributed by atoms with van der Waals surface area (Å²) in [7, 11) is 0. The largest absolute Gasteiger partial charge is 0.306 e. The van der Waals surface area contributed by atoms with Gasteiger partial charge >= 0.3 is 0 Å². The van der Waals surface area contributed by atoms with Crippen LogP contribution in [-0.4, -0.2) is 6.54 Å². The Hall–Kier alpha value is -1.38.